The molecule has 0 bridgehead atoms. The fraction of sp³-hybridized carbons (Fsp3) is 0.417. The Balaban J connectivity index is 1.41. The molecule has 1 aromatic heterocycles. The number of aryl methyl sites for hydroxylation is 1. The molecule has 5 nitrogen and oxygen atoms in total. The van der Waals surface area contributed by atoms with Crippen molar-refractivity contribution < 1.29 is 13.9 Å². The third-order valence-electron chi connectivity index (χ3n) is 5.62. The van der Waals surface area contributed by atoms with Gasteiger partial charge in [-0.05, 0) is 30.7 Å². The maximum Gasteiger partial charge on any atom is 0.151 e. The van der Waals surface area contributed by atoms with Crippen molar-refractivity contribution >= 4 is 28.6 Å². The van der Waals surface area contributed by atoms with Gasteiger partial charge in [0.2, 0.25) is 0 Å². The molecule has 1 fully saturated rings. The Kier molecular flexibility index (Phi) is 7.48. The van der Waals surface area contributed by atoms with Gasteiger partial charge in [0.1, 0.15) is 28.4 Å². The van der Waals surface area contributed by atoms with E-state index in [0.29, 0.717) is 10.8 Å². The zero-order chi connectivity index (χ0) is 22.5. The van der Waals surface area contributed by atoms with Gasteiger partial charge in [0, 0.05) is 50.2 Å². The van der Waals surface area contributed by atoms with E-state index >= 15 is 0 Å². The topological polar surface area (TPSA) is 47.5 Å². The SMILES string of the molecule is CCCCc1nnc(-c2ccc(N3CCC(Oc4cc(F)ccc4Cl)CC3)cc2OC)s1. The van der Waals surface area contributed by atoms with Crippen molar-refractivity contribution in [2.45, 2.75) is 45.1 Å². The molecule has 1 aliphatic heterocycles. The first kappa shape index (κ1) is 22.8. The molecule has 2 heterocycles. The number of rotatable bonds is 8. The van der Waals surface area contributed by atoms with Gasteiger partial charge in [-0.1, -0.05) is 36.3 Å². The molecule has 4 rings (SSSR count). The molecular weight excluding hydrogens is 449 g/mol. The number of piperidine rings is 1. The van der Waals surface area contributed by atoms with Crippen molar-refractivity contribution in [1.29, 1.82) is 0 Å². The van der Waals surface area contributed by atoms with E-state index < -0.39 is 0 Å². The summed E-state index contributed by atoms with van der Waals surface area (Å²) < 4.78 is 25.2. The highest BCUT2D eigenvalue weighted by Gasteiger charge is 2.23. The highest BCUT2D eigenvalue weighted by molar-refractivity contribution is 7.14. The highest BCUT2D eigenvalue weighted by Crippen LogP contribution is 2.36. The predicted octanol–water partition coefficient (Wildman–Crippen LogP) is 6.40. The second kappa shape index (κ2) is 10.5. The fourth-order valence-electron chi connectivity index (χ4n) is 3.82. The molecule has 3 aromatic rings. The molecule has 0 unspecified atom stereocenters. The third-order valence-corrected chi connectivity index (χ3v) is 6.95. The van der Waals surface area contributed by atoms with Gasteiger partial charge in [0.15, 0.2) is 5.01 Å². The van der Waals surface area contributed by atoms with Crippen LogP contribution < -0.4 is 14.4 Å². The van der Waals surface area contributed by atoms with Gasteiger partial charge < -0.3 is 14.4 Å². The molecule has 1 aliphatic rings. The van der Waals surface area contributed by atoms with Crippen molar-refractivity contribution in [2.75, 3.05) is 25.1 Å². The molecule has 8 heteroatoms. The summed E-state index contributed by atoms with van der Waals surface area (Å²) in [4.78, 5) is 2.31. The van der Waals surface area contributed by atoms with Crippen LogP contribution in [0.15, 0.2) is 36.4 Å². The first-order chi connectivity index (χ1) is 15.6. The van der Waals surface area contributed by atoms with E-state index in [-0.39, 0.29) is 11.9 Å². The molecule has 0 N–H and O–H groups in total. The van der Waals surface area contributed by atoms with Crippen molar-refractivity contribution in [3.05, 3.63) is 52.2 Å². The van der Waals surface area contributed by atoms with Crippen LogP contribution >= 0.6 is 22.9 Å². The molecule has 32 heavy (non-hydrogen) atoms. The minimum atomic E-state index is -0.345. The van der Waals surface area contributed by atoms with Crippen molar-refractivity contribution in [3.63, 3.8) is 0 Å². The zero-order valence-electron chi connectivity index (χ0n) is 18.3. The first-order valence-corrected chi connectivity index (χ1v) is 12.1. The van der Waals surface area contributed by atoms with Crippen LogP contribution in [-0.4, -0.2) is 36.5 Å². The fourth-order valence-corrected chi connectivity index (χ4v) is 4.90. The number of hydrogen-bond acceptors (Lipinski definition) is 6. The van der Waals surface area contributed by atoms with Gasteiger partial charge in [0.05, 0.1) is 17.7 Å². The predicted molar refractivity (Wildman–Crippen MR) is 128 cm³/mol. The number of ether oxygens (including phenoxy) is 2. The van der Waals surface area contributed by atoms with Gasteiger partial charge in [-0.3, -0.25) is 0 Å². The molecular formula is C24H27ClFN3O2S. The molecule has 170 valence electrons. The number of aromatic nitrogens is 2. The van der Waals surface area contributed by atoms with Crippen LogP contribution in [0, 0.1) is 5.82 Å². The van der Waals surface area contributed by atoms with E-state index in [9.17, 15) is 4.39 Å². The van der Waals surface area contributed by atoms with Gasteiger partial charge in [-0.25, -0.2) is 4.39 Å². The Morgan fingerprint density at radius 3 is 2.69 bits per heavy atom. The van der Waals surface area contributed by atoms with Crippen LogP contribution in [0.4, 0.5) is 10.1 Å². The number of nitrogens with zero attached hydrogens (tertiary/aromatic N) is 3. The first-order valence-electron chi connectivity index (χ1n) is 10.9. The maximum atomic E-state index is 13.5. The third kappa shape index (κ3) is 5.33. The lowest BCUT2D eigenvalue weighted by atomic mass is 10.1. The Hall–Kier alpha value is -2.38. The van der Waals surface area contributed by atoms with E-state index in [0.717, 1.165) is 72.2 Å². The minimum absolute atomic E-state index is 0.00894. The maximum absolute atomic E-state index is 13.5. The molecule has 0 radical (unpaired) electrons. The lowest BCUT2D eigenvalue weighted by Crippen LogP contribution is -2.38. The molecule has 0 atom stereocenters. The molecule has 0 amide bonds. The van der Waals surface area contributed by atoms with Crippen molar-refractivity contribution in [3.8, 4) is 22.1 Å². The second-order valence-corrected chi connectivity index (χ2v) is 9.34. The number of hydrogen-bond donors (Lipinski definition) is 0. The second-order valence-electron chi connectivity index (χ2n) is 7.87. The standard InChI is InChI=1S/C24H27ClFN3O2S/c1-3-4-5-23-27-28-24(32-23)19-8-7-17(15-21(19)30-2)29-12-10-18(11-13-29)31-22-14-16(26)6-9-20(22)25/h6-9,14-15,18H,3-5,10-13H2,1-2H3. The van der Waals surface area contributed by atoms with Crippen LogP contribution in [0.1, 0.15) is 37.6 Å². The van der Waals surface area contributed by atoms with Gasteiger partial charge in [0.25, 0.3) is 0 Å². The lowest BCUT2D eigenvalue weighted by molar-refractivity contribution is 0.170. The molecule has 2 aromatic carbocycles. The van der Waals surface area contributed by atoms with Crippen LogP contribution in [0.3, 0.4) is 0 Å². The zero-order valence-corrected chi connectivity index (χ0v) is 19.9. The largest absolute Gasteiger partial charge is 0.496 e. The number of methoxy groups -OCH3 is 1. The van der Waals surface area contributed by atoms with Crippen LogP contribution in [-0.2, 0) is 6.42 Å². The Bertz CT molecular complexity index is 1050. The average molecular weight is 476 g/mol. The Morgan fingerprint density at radius 1 is 1.12 bits per heavy atom. The highest BCUT2D eigenvalue weighted by atomic mass is 35.5. The van der Waals surface area contributed by atoms with Crippen molar-refractivity contribution in [1.82, 2.24) is 10.2 Å². The Labute approximate surface area is 197 Å². The minimum Gasteiger partial charge on any atom is -0.496 e. The summed E-state index contributed by atoms with van der Waals surface area (Å²) in [6.07, 6.45) is 4.89. The van der Waals surface area contributed by atoms with E-state index in [4.69, 9.17) is 21.1 Å². The molecule has 0 saturated carbocycles. The van der Waals surface area contributed by atoms with Crippen LogP contribution in [0.2, 0.25) is 5.02 Å². The van der Waals surface area contributed by atoms with E-state index in [1.807, 2.05) is 0 Å². The number of unbranched alkanes of at least 4 members (excludes halogenated alkanes) is 1. The summed E-state index contributed by atoms with van der Waals surface area (Å²) >= 11 is 7.77. The smallest absolute Gasteiger partial charge is 0.151 e. The number of halogens is 2. The molecule has 0 aliphatic carbocycles. The average Bonchev–Trinajstić information content (AvgIpc) is 3.29. The quantitative estimate of drug-likeness (QED) is 0.377. The summed E-state index contributed by atoms with van der Waals surface area (Å²) in [5.41, 5.74) is 2.07. The summed E-state index contributed by atoms with van der Waals surface area (Å²) in [6.45, 7) is 3.84. The molecule has 0 spiro atoms. The van der Waals surface area contributed by atoms with Crippen LogP contribution in [0.25, 0.3) is 10.6 Å². The number of anilines is 1. The van der Waals surface area contributed by atoms with E-state index in [1.165, 1.54) is 18.2 Å². The monoisotopic (exact) mass is 475 g/mol. The molecule has 1 saturated heterocycles. The normalized spacial score (nSPS) is 14.6. The lowest BCUT2D eigenvalue weighted by Gasteiger charge is -2.34. The van der Waals surface area contributed by atoms with E-state index in [2.05, 4.69) is 40.2 Å². The van der Waals surface area contributed by atoms with Gasteiger partial charge in [-0.2, -0.15) is 0 Å². The van der Waals surface area contributed by atoms with Gasteiger partial charge in [-0.15, -0.1) is 10.2 Å². The number of benzene rings is 2. The van der Waals surface area contributed by atoms with Crippen molar-refractivity contribution in [2.24, 2.45) is 0 Å². The summed E-state index contributed by atoms with van der Waals surface area (Å²) in [7, 11) is 1.68. The van der Waals surface area contributed by atoms with E-state index in [1.54, 1.807) is 18.4 Å². The summed E-state index contributed by atoms with van der Waals surface area (Å²) in [5, 5.41) is 11.1. The summed E-state index contributed by atoms with van der Waals surface area (Å²) in [5.74, 6) is 0.860. The van der Waals surface area contributed by atoms with Crippen LogP contribution in [0.5, 0.6) is 11.5 Å². The summed E-state index contributed by atoms with van der Waals surface area (Å²) in [6, 6.07) is 10.4. The van der Waals surface area contributed by atoms with Gasteiger partial charge >= 0.3 is 0 Å². The Morgan fingerprint density at radius 2 is 1.94 bits per heavy atom.